The zero-order chi connectivity index (χ0) is 12.9. The minimum absolute atomic E-state index is 0.0946. The Balaban J connectivity index is 2.57. The summed E-state index contributed by atoms with van der Waals surface area (Å²) in [6.07, 6.45) is 1.61. The molecule has 1 aromatic heterocycles. The van der Waals surface area contributed by atoms with Gasteiger partial charge in [-0.2, -0.15) is 4.98 Å². The van der Waals surface area contributed by atoms with Crippen LogP contribution in [-0.2, 0) is 22.0 Å². The molecule has 98 valence electrons. The first kappa shape index (κ1) is 14.1. The van der Waals surface area contributed by atoms with E-state index in [0.29, 0.717) is 18.2 Å². The Morgan fingerprint density at radius 2 is 2.12 bits per heavy atom. The molecule has 0 saturated carbocycles. The van der Waals surface area contributed by atoms with E-state index in [-0.39, 0.29) is 17.4 Å². The van der Waals surface area contributed by atoms with Crippen LogP contribution in [0, 0.1) is 5.92 Å². The van der Waals surface area contributed by atoms with Crippen LogP contribution in [0.3, 0.4) is 0 Å². The molecule has 1 aromatic rings. The summed E-state index contributed by atoms with van der Waals surface area (Å²) in [7, 11) is -3.35. The second-order valence-corrected chi connectivity index (χ2v) is 6.54. The molecule has 0 atom stereocenters. The fraction of sp³-hybridized carbons (Fsp3) is 0.800. The van der Waals surface area contributed by atoms with Gasteiger partial charge in [0.15, 0.2) is 15.7 Å². The molecule has 0 saturated heterocycles. The van der Waals surface area contributed by atoms with Crippen LogP contribution in [0.1, 0.15) is 32.0 Å². The lowest BCUT2D eigenvalue weighted by Gasteiger charge is -1.99. The molecule has 0 aromatic carbocycles. The van der Waals surface area contributed by atoms with E-state index in [9.17, 15) is 8.42 Å². The second kappa shape index (κ2) is 6.11. The van der Waals surface area contributed by atoms with E-state index in [1.54, 1.807) is 0 Å². The molecular formula is C10H18N2O4S. The normalized spacial score (nSPS) is 12.2. The molecule has 0 bridgehead atoms. The minimum Gasteiger partial charge on any atom is -0.395 e. The summed E-state index contributed by atoms with van der Waals surface area (Å²) in [6, 6.07) is 0. The lowest BCUT2D eigenvalue weighted by Crippen LogP contribution is -2.12. The molecular weight excluding hydrogens is 244 g/mol. The van der Waals surface area contributed by atoms with Crippen molar-refractivity contribution in [2.45, 2.75) is 32.4 Å². The third kappa shape index (κ3) is 5.27. The molecule has 1 N–H and O–H groups in total. The maximum Gasteiger partial charge on any atom is 0.241 e. The van der Waals surface area contributed by atoms with Gasteiger partial charge in [-0.3, -0.25) is 0 Å². The lowest BCUT2D eigenvalue weighted by atomic mass is 10.1. The largest absolute Gasteiger partial charge is 0.395 e. The summed E-state index contributed by atoms with van der Waals surface area (Å²) in [5.41, 5.74) is 0. The van der Waals surface area contributed by atoms with E-state index in [2.05, 4.69) is 24.0 Å². The summed E-state index contributed by atoms with van der Waals surface area (Å²) in [6.45, 7) is 3.79. The van der Waals surface area contributed by atoms with Crippen LogP contribution in [0.15, 0.2) is 4.52 Å². The Kier molecular flexibility index (Phi) is 5.07. The van der Waals surface area contributed by atoms with E-state index in [0.717, 1.165) is 6.42 Å². The molecule has 0 unspecified atom stereocenters. The maximum atomic E-state index is 11.4. The number of aryl methyl sites for hydroxylation is 1. The molecule has 0 radical (unpaired) electrons. The van der Waals surface area contributed by atoms with Gasteiger partial charge in [0.05, 0.1) is 12.4 Å². The molecule has 7 heteroatoms. The highest BCUT2D eigenvalue weighted by Crippen LogP contribution is 2.08. The predicted octanol–water partition coefficient (Wildman–Crippen LogP) is 0.565. The smallest absolute Gasteiger partial charge is 0.241 e. The van der Waals surface area contributed by atoms with Crippen molar-refractivity contribution >= 4 is 9.84 Å². The van der Waals surface area contributed by atoms with Gasteiger partial charge in [0.2, 0.25) is 5.89 Å². The first-order valence-corrected chi connectivity index (χ1v) is 7.38. The fourth-order valence-corrected chi connectivity index (χ4v) is 2.18. The number of aliphatic hydroxyl groups is 1. The fourth-order valence-electron chi connectivity index (χ4n) is 1.27. The lowest BCUT2D eigenvalue weighted by molar-refractivity contribution is 0.319. The van der Waals surface area contributed by atoms with Gasteiger partial charge in [-0.05, 0) is 12.3 Å². The summed E-state index contributed by atoms with van der Waals surface area (Å²) < 4.78 is 27.6. The van der Waals surface area contributed by atoms with Crippen molar-refractivity contribution < 1.29 is 18.0 Å². The van der Waals surface area contributed by atoms with Gasteiger partial charge in [0.25, 0.3) is 0 Å². The Hall–Kier alpha value is -0.950. The highest BCUT2D eigenvalue weighted by atomic mass is 32.2. The molecule has 0 aliphatic heterocycles. The third-order valence-corrected chi connectivity index (χ3v) is 3.69. The van der Waals surface area contributed by atoms with Crippen molar-refractivity contribution in [1.29, 1.82) is 0 Å². The number of sulfone groups is 1. The van der Waals surface area contributed by atoms with Crippen molar-refractivity contribution in [3.8, 4) is 0 Å². The average molecular weight is 262 g/mol. The van der Waals surface area contributed by atoms with Crippen LogP contribution in [-0.4, -0.2) is 36.0 Å². The molecule has 1 heterocycles. The summed E-state index contributed by atoms with van der Waals surface area (Å²) in [5, 5.41) is 12.3. The van der Waals surface area contributed by atoms with E-state index in [1.165, 1.54) is 0 Å². The highest BCUT2D eigenvalue weighted by molar-refractivity contribution is 7.90. The van der Waals surface area contributed by atoms with Gasteiger partial charge in [-0.25, -0.2) is 8.42 Å². The van der Waals surface area contributed by atoms with Gasteiger partial charge in [-0.1, -0.05) is 19.0 Å². The zero-order valence-electron chi connectivity index (χ0n) is 10.1. The van der Waals surface area contributed by atoms with Crippen molar-refractivity contribution in [2.75, 3.05) is 12.4 Å². The predicted molar refractivity (Wildman–Crippen MR) is 62.0 cm³/mol. The van der Waals surface area contributed by atoms with Crippen LogP contribution in [0.25, 0.3) is 0 Å². The van der Waals surface area contributed by atoms with E-state index in [4.69, 9.17) is 9.63 Å². The first-order valence-electron chi connectivity index (χ1n) is 5.55. The van der Waals surface area contributed by atoms with Gasteiger partial charge in [0.1, 0.15) is 5.75 Å². The van der Waals surface area contributed by atoms with Crippen molar-refractivity contribution in [3.05, 3.63) is 11.7 Å². The zero-order valence-corrected chi connectivity index (χ0v) is 10.9. The monoisotopic (exact) mass is 262 g/mol. The van der Waals surface area contributed by atoms with E-state index in [1.807, 2.05) is 0 Å². The van der Waals surface area contributed by atoms with Gasteiger partial charge in [0, 0.05) is 6.42 Å². The van der Waals surface area contributed by atoms with E-state index < -0.39 is 16.4 Å². The molecule has 1 rings (SSSR count). The molecule has 0 aliphatic rings. The molecule has 0 aliphatic carbocycles. The third-order valence-electron chi connectivity index (χ3n) is 2.20. The highest BCUT2D eigenvalue weighted by Gasteiger charge is 2.16. The first-order chi connectivity index (χ1) is 7.93. The topological polar surface area (TPSA) is 93.3 Å². The summed E-state index contributed by atoms with van der Waals surface area (Å²) in [4.78, 5) is 4.01. The van der Waals surface area contributed by atoms with Crippen molar-refractivity contribution in [2.24, 2.45) is 5.92 Å². The summed E-state index contributed by atoms with van der Waals surface area (Å²) >= 11 is 0. The number of aromatic nitrogens is 2. The number of hydrogen-bond donors (Lipinski definition) is 1. The van der Waals surface area contributed by atoms with Crippen LogP contribution in [0.4, 0.5) is 0 Å². The number of aliphatic hydroxyl groups excluding tert-OH is 1. The number of hydrogen-bond acceptors (Lipinski definition) is 6. The van der Waals surface area contributed by atoms with Crippen molar-refractivity contribution in [3.63, 3.8) is 0 Å². The van der Waals surface area contributed by atoms with Crippen LogP contribution >= 0.6 is 0 Å². The second-order valence-electron chi connectivity index (χ2n) is 4.35. The van der Waals surface area contributed by atoms with Gasteiger partial charge >= 0.3 is 0 Å². The average Bonchev–Trinajstić information content (AvgIpc) is 2.61. The minimum atomic E-state index is -3.35. The SMILES string of the molecule is CC(C)CCc1noc(CS(=O)(=O)CCO)n1. The van der Waals surface area contributed by atoms with Crippen molar-refractivity contribution in [1.82, 2.24) is 10.1 Å². The molecule has 0 amide bonds. The van der Waals surface area contributed by atoms with E-state index >= 15 is 0 Å². The Labute approximate surface area is 101 Å². The standard InChI is InChI=1S/C10H18N2O4S/c1-8(2)3-4-9-11-10(16-12-9)7-17(14,15)6-5-13/h8,13H,3-7H2,1-2H3. The van der Waals surface area contributed by atoms with Gasteiger partial charge < -0.3 is 9.63 Å². The Bertz CT molecular complexity index is 439. The Morgan fingerprint density at radius 3 is 2.71 bits per heavy atom. The van der Waals surface area contributed by atoms with Crippen LogP contribution in [0.5, 0.6) is 0 Å². The number of nitrogens with zero attached hydrogens (tertiary/aromatic N) is 2. The Morgan fingerprint density at radius 1 is 1.41 bits per heavy atom. The quantitative estimate of drug-likeness (QED) is 0.772. The van der Waals surface area contributed by atoms with Gasteiger partial charge in [-0.15, -0.1) is 0 Å². The molecule has 17 heavy (non-hydrogen) atoms. The maximum absolute atomic E-state index is 11.4. The molecule has 0 fully saturated rings. The van der Waals surface area contributed by atoms with Crippen LogP contribution in [0.2, 0.25) is 0 Å². The molecule has 6 nitrogen and oxygen atoms in total. The molecule has 0 spiro atoms. The van der Waals surface area contributed by atoms with Crippen LogP contribution < -0.4 is 0 Å². The summed E-state index contributed by atoms with van der Waals surface area (Å²) in [5.74, 6) is 0.582. The number of rotatable bonds is 7.